The highest BCUT2D eigenvalue weighted by Crippen LogP contribution is 2.39. The number of carbonyl (C=O) groups is 1. The number of halogens is 2. The van der Waals surface area contributed by atoms with Crippen molar-refractivity contribution >= 4 is 34.9 Å². The molecule has 0 saturated heterocycles. The van der Waals surface area contributed by atoms with E-state index in [-0.39, 0.29) is 40.9 Å². The molecule has 2 atom stereocenters. The van der Waals surface area contributed by atoms with Crippen molar-refractivity contribution in [3.8, 4) is 22.3 Å². The minimum Gasteiger partial charge on any atom is -0.399 e. The summed E-state index contributed by atoms with van der Waals surface area (Å²) >= 11 is 0. The predicted molar refractivity (Wildman–Crippen MR) is 241 cm³/mol. The van der Waals surface area contributed by atoms with Gasteiger partial charge in [-0.15, -0.1) is 0 Å². The molecule has 12 nitrogen and oxygen atoms in total. The summed E-state index contributed by atoms with van der Waals surface area (Å²) in [5, 5.41) is 5.55. The number of nitrogens with two attached hydrogens (primary N) is 1. The zero-order valence-electron chi connectivity index (χ0n) is 35.2. The number of carbonyl (C=O) groups excluding carboxylic acids is 2. The van der Waals surface area contributed by atoms with Gasteiger partial charge in [-0.2, -0.15) is 0 Å². The van der Waals surface area contributed by atoms with Crippen LogP contribution in [0.1, 0.15) is 73.2 Å². The number of anilines is 2. The normalized spacial score (nSPS) is 14.4. The van der Waals surface area contributed by atoms with Gasteiger partial charge in [-0.3, -0.25) is 19.6 Å². The van der Waals surface area contributed by atoms with E-state index in [0.717, 1.165) is 61.3 Å². The summed E-state index contributed by atoms with van der Waals surface area (Å²) < 4.78 is 30.0. The number of aromatic nitrogens is 2. The molecule has 62 heavy (non-hydrogen) atoms. The number of amides is 2. The van der Waals surface area contributed by atoms with Gasteiger partial charge in [0.25, 0.3) is 11.1 Å². The van der Waals surface area contributed by atoms with Crippen molar-refractivity contribution in [2.45, 2.75) is 39.8 Å². The number of nitrogens with one attached hydrogen (secondary N) is 2. The van der Waals surface area contributed by atoms with Crippen molar-refractivity contribution < 1.29 is 18.4 Å². The maximum absolute atomic E-state index is 13.5. The highest BCUT2D eigenvalue weighted by Gasteiger charge is 2.26. The molecule has 0 saturated carbocycles. The Hall–Kier alpha value is -7.57. The number of pyridine rings is 2. The Bertz CT molecular complexity index is 2880. The van der Waals surface area contributed by atoms with Crippen molar-refractivity contribution in [3.05, 3.63) is 175 Å². The summed E-state index contributed by atoms with van der Waals surface area (Å²) in [6, 6.07) is 26.2. The highest BCUT2D eigenvalue weighted by atomic mass is 19.1. The van der Waals surface area contributed by atoms with Crippen LogP contribution in [-0.2, 0) is 18.9 Å². The van der Waals surface area contributed by atoms with E-state index in [2.05, 4.69) is 15.6 Å². The molecule has 0 aliphatic carbocycles. The lowest BCUT2D eigenvalue weighted by Gasteiger charge is -2.15. The third-order valence-electron chi connectivity index (χ3n) is 10.3. The van der Waals surface area contributed by atoms with Crippen molar-refractivity contribution in [1.29, 1.82) is 0 Å². The zero-order chi connectivity index (χ0) is 44.7. The Morgan fingerprint density at radius 1 is 0.694 bits per heavy atom. The second-order valence-corrected chi connectivity index (χ2v) is 14.6. The van der Waals surface area contributed by atoms with Gasteiger partial charge in [-0.1, -0.05) is 12.1 Å². The standard InChI is InChI=1S/C24H23FN4O2.C21H18FN3O.C3H5NO/c1-4-26-24(31)28-17-9-10-18-20(11-17)21-13-29(3)22(30)12-19(21)14(2)27-23(18)15-5-7-16(25)8-6-15;1-12-17-10-20(26)25(2)11-19(17)18-9-15(23)7-8-16(18)21(24-12)13-3-5-14(22)6-4-13;1-2-4-3-5/h5-14H,4H2,1-3H3,(H2,26,28,31);3-12H,23H2,1-2H3;2H2,1H3/t14-;12-;/m00./s1. The number of aliphatic imine (C=N–C) groups is 3. The maximum atomic E-state index is 13.5. The number of nitrogen functional groups attached to an aromatic ring is 1. The highest BCUT2D eigenvalue weighted by molar-refractivity contribution is 6.18. The van der Waals surface area contributed by atoms with Gasteiger partial charge in [-0.25, -0.2) is 23.4 Å². The van der Waals surface area contributed by atoms with Crippen LogP contribution in [0.25, 0.3) is 22.3 Å². The summed E-state index contributed by atoms with van der Waals surface area (Å²) in [5.41, 5.74) is 17.1. The molecule has 0 bridgehead atoms. The van der Waals surface area contributed by atoms with E-state index in [4.69, 9.17) is 20.5 Å². The molecule has 4 aromatic carbocycles. The van der Waals surface area contributed by atoms with Crippen LogP contribution in [-0.4, -0.2) is 45.8 Å². The molecule has 4 heterocycles. The number of isocyanates is 1. The van der Waals surface area contributed by atoms with Crippen molar-refractivity contribution in [1.82, 2.24) is 14.5 Å². The summed E-state index contributed by atoms with van der Waals surface area (Å²) in [4.78, 5) is 58.6. The van der Waals surface area contributed by atoms with Crippen LogP contribution in [0.5, 0.6) is 0 Å². The number of aryl methyl sites for hydroxylation is 2. The van der Waals surface area contributed by atoms with Crippen LogP contribution in [0.15, 0.2) is 134 Å². The van der Waals surface area contributed by atoms with Gasteiger partial charge in [0.15, 0.2) is 0 Å². The smallest absolute Gasteiger partial charge is 0.319 e. The quantitative estimate of drug-likeness (QED) is 0.0903. The molecule has 8 rings (SSSR count). The number of hydrogen-bond acceptors (Lipinski definition) is 8. The first-order valence-corrected chi connectivity index (χ1v) is 19.9. The molecule has 6 aromatic rings. The van der Waals surface area contributed by atoms with Crippen molar-refractivity contribution in [3.63, 3.8) is 0 Å². The lowest BCUT2D eigenvalue weighted by Crippen LogP contribution is -2.28. The number of nitrogens with zero attached hydrogens (tertiary/aromatic N) is 5. The van der Waals surface area contributed by atoms with E-state index in [0.29, 0.717) is 30.2 Å². The molecular weight excluding hydrogens is 791 g/mol. The largest absolute Gasteiger partial charge is 0.399 e. The molecule has 4 N–H and O–H groups in total. The monoisotopic (exact) mass is 836 g/mol. The number of benzene rings is 4. The van der Waals surface area contributed by atoms with Gasteiger partial charge in [0.05, 0.1) is 23.5 Å². The van der Waals surface area contributed by atoms with Crippen LogP contribution in [0.4, 0.5) is 25.0 Å². The van der Waals surface area contributed by atoms with Gasteiger partial charge in [0, 0.05) is 96.5 Å². The van der Waals surface area contributed by atoms with E-state index in [1.165, 1.54) is 34.9 Å². The van der Waals surface area contributed by atoms with Gasteiger partial charge < -0.3 is 25.5 Å². The Morgan fingerprint density at radius 2 is 1.16 bits per heavy atom. The predicted octanol–water partition coefficient (Wildman–Crippen LogP) is 8.27. The SMILES string of the molecule is CCN=C=O.CCNC(=O)Nc1ccc2c(c1)-c1cn(C)c(=O)cc1[C@H](C)N=C2c1ccc(F)cc1.C[C@@H]1N=C(c2ccc(F)cc2)c2ccc(N)cc2-c2cn(C)c(=O)cc21. The number of hydrogen-bond donors (Lipinski definition) is 3. The topological polar surface area (TPSA) is 165 Å². The molecule has 14 heteroatoms. The molecular formula is C48H46F2N8O4. The van der Waals surface area contributed by atoms with Crippen LogP contribution in [0.2, 0.25) is 0 Å². The minimum atomic E-state index is -0.320. The molecule has 0 radical (unpaired) electrons. The van der Waals surface area contributed by atoms with Gasteiger partial charge in [0.2, 0.25) is 6.08 Å². The average Bonchev–Trinajstić information content (AvgIpc) is 3.43. The fourth-order valence-electron chi connectivity index (χ4n) is 7.21. The second kappa shape index (κ2) is 19.2. The van der Waals surface area contributed by atoms with E-state index in [1.54, 1.807) is 68.2 Å². The molecule has 2 aliphatic rings. The number of fused-ring (bicyclic) bond motifs is 6. The molecule has 2 aliphatic heterocycles. The average molecular weight is 837 g/mol. The third kappa shape index (κ3) is 9.72. The summed E-state index contributed by atoms with van der Waals surface area (Å²) in [7, 11) is 3.43. The fourth-order valence-corrected chi connectivity index (χ4v) is 7.21. The van der Waals surface area contributed by atoms with Crippen LogP contribution < -0.4 is 27.5 Å². The lowest BCUT2D eigenvalue weighted by atomic mass is 9.92. The van der Waals surface area contributed by atoms with Crippen LogP contribution in [0, 0.1) is 11.6 Å². The van der Waals surface area contributed by atoms with Gasteiger partial charge in [0.1, 0.15) is 11.6 Å². The summed E-state index contributed by atoms with van der Waals surface area (Å²) in [6.07, 6.45) is 5.02. The van der Waals surface area contributed by atoms with Gasteiger partial charge in [-0.05, 0) is 123 Å². The maximum Gasteiger partial charge on any atom is 0.319 e. The van der Waals surface area contributed by atoms with Gasteiger partial charge >= 0.3 is 6.03 Å². The Labute approximate surface area is 357 Å². The minimum absolute atomic E-state index is 0.0820. The van der Waals surface area contributed by atoms with Crippen molar-refractivity contribution in [2.75, 3.05) is 24.1 Å². The first-order chi connectivity index (χ1) is 29.7. The van der Waals surface area contributed by atoms with E-state index in [1.807, 2.05) is 63.4 Å². The second-order valence-electron chi connectivity index (χ2n) is 14.6. The fraction of sp³-hybridized carbons (Fsp3) is 0.208. The number of rotatable bonds is 5. The molecule has 0 unspecified atom stereocenters. The Balaban J connectivity index is 0.000000189. The molecule has 316 valence electrons. The van der Waals surface area contributed by atoms with E-state index in [9.17, 15) is 23.2 Å². The molecule has 0 fully saturated rings. The third-order valence-corrected chi connectivity index (χ3v) is 10.3. The van der Waals surface area contributed by atoms with Crippen LogP contribution in [0.3, 0.4) is 0 Å². The van der Waals surface area contributed by atoms with Crippen LogP contribution >= 0.6 is 0 Å². The molecule has 2 aromatic heterocycles. The Morgan fingerprint density at radius 3 is 1.60 bits per heavy atom. The first kappa shape index (κ1) is 44.0. The van der Waals surface area contributed by atoms with E-state index < -0.39 is 0 Å². The number of urea groups is 1. The lowest BCUT2D eigenvalue weighted by molar-refractivity contribution is 0.252. The summed E-state index contributed by atoms with van der Waals surface area (Å²) in [6.45, 7) is 8.58. The van der Waals surface area contributed by atoms with E-state index >= 15 is 0 Å². The molecule has 2 amide bonds. The first-order valence-electron chi connectivity index (χ1n) is 19.9. The van der Waals surface area contributed by atoms with Crippen molar-refractivity contribution in [2.24, 2.45) is 29.1 Å². The Kier molecular flexibility index (Phi) is 13.6. The zero-order valence-corrected chi connectivity index (χ0v) is 35.2. The summed E-state index contributed by atoms with van der Waals surface area (Å²) in [5.74, 6) is -0.612. The molecule has 0 spiro atoms.